The molecule has 0 aromatic heterocycles. The Hall–Kier alpha value is 0.580. The molecule has 0 saturated heterocycles. The van der Waals surface area contributed by atoms with Crippen LogP contribution in [0.15, 0.2) is 0 Å². The third-order valence-corrected chi connectivity index (χ3v) is 1.13. The number of alkyl halides is 6. The van der Waals surface area contributed by atoms with Gasteiger partial charge in [0, 0.05) is 0 Å². The van der Waals surface area contributed by atoms with Gasteiger partial charge in [-0.25, -0.2) is 4.39 Å². The van der Waals surface area contributed by atoms with E-state index in [2.05, 4.69) is 39.5 Å². The highest BCUT2D eigenvalue weighted by molar-refractivity contribution is 6.47. The number of halogens is 6. The first-order valence-electron chi connectivity index (χ1n) is 2.54. The first kappa shape index (κ1) is 12.6. The number of rotatable bonds is 4. The van der Waals surface area contributed by atoms with Crippen molar-refractivity contribution in [2.45, 2.75) is 16.3 Å². The quantitative estimate of drug-likeness (QED) is 0.554. The van der Waals surface area contributed by atoms with Gasteiger partial charge in [0.25, 0.3) is 6.29 Å². The van der Waals surface area contributed by atoms with E-state index in [9.17, 15) is 18.3 Å². The smallest absolute Gasteiger partial charge is 0.337 e. The van der Waals surface area contributed by atoms with Crippen LogP contribution in [0.4, 0.5) is 13.2 Å². The van der Waals surface area contributed by atoms with E-state index in [4.69, 9.17) is 0 Å². The molecule has 0 spiro atoms. The second-order valence-electron chi connectivity index (χ2n) is 1.80. The molecular formula is C4H3Cl3F3O2. The highest BCUT2D eigenvalue weighted by atomic mass is 35.5. The summed E-state index contributed by atoms with van der Waals surface area (Å²) in [7, 11) is 0. The molecule has 0 bridgehead atoms. The van der Waals surface area contributed by atoms with Crippen molar-refractivity contribution in [1.82, 2.24) is 0 Å². The molecule has 8 heteroatoms. The van der Waals surface area contributed by atoms with Crippen molar-refractivity contribution >= 4 is 34.8 Å². The minimum absolute atomic E-state index is 1.45. The Balaban J connectivity index is 3.80. The van der Waals surface area contributed by atoms with Crippen LogP contribution in [0, 0.1) is 0 Å². The molecule has 1 atom stereocenters. The van der Waals surface area contributed by atoms with Crippen LogP contribution >= 0.6 is 34.8 Å². The monoisotopic (exact) mass is 245 g/mol. The minimum Gasteiger partial charge on any atom is -0.337 e. The molecule has 0 saturated carbocycles. The molecule has 0 aromatic rings. The summed E-state index contributed by atoms with van der Waals surface area (Å²) < 4.78 is 36.1. The third kappa shape index (κ3) is 6.14. The highest BCUT2D eigenvalue weighted by Gasteiger charge is 2.38. The van der Waals surface area contributed by atoms with Gasteiger partial charge in [0.1, 0.15) is 6.61 Å². The predicted octanol–water partition coefficient (Wildman–Crippen LogP) is 2.69. The Kier molecular flexibility index (Phi) is 4.40. The lowest BCUT2D eigenvalue weighted by atomic mass is 10.6. The van der Waals surface area contributed by atoms with Gasteiger partial charge in [-0.2, -0.15) is 13.9 Å². The fourth-order valence-electron chi connectivity index (χ4n) is 0.265. The van der Waals surface area contributed by atoms with Crippen molar-refractivity contribution in [2.24, 2.45) is 0 Å². The number of hydrogen-bond donors (Lipinski definition) is 0. The lowest BCUT2D eigenvalue weighted by Gasteiger charge is -2.16. The summed E-state index contributed by atoms with van der Waals surface area (Å²) in [5.41, 5.74) is 0. The predicted molar refractivity (Wildman–Crippen MR) is 36.8 cm³/mol. The Morgan fingerprint density at radius 3 is 1.92 bits per heavy atom. The molecule has 73 valence electrons. The van der Waals surface area contributed by atoms with E-state index >= 15 is 0 Å². The molecule has 12 heavy (non-hydrogen) atoms. The molecule has 0 heterocycles. The fourth-order valence-corrected chi connectivity index (χ4v) is 0.454. The zero-order valence-corrected chi connectivity index (χ0v) is 7.64. The fraction of sp³-hybridized carbons (Fsp3) is 1.00. The second-order valence-corrected chi connectivity index (χ2v) is 3.65. The van der Waals surface area contributed by atoms with Gasteiger partial charge in [0.15, 0.2) is 0 Å². The van der Waals surface area contributed by atoms with Crippen LogP contribution < -0.4 is 0 Å². The van der Waals surface area contributed by atoms with Crippen LogP contribution in [0.3, 0.4) is 0 Å². The summed E-state index contributed by atoms with van der Waals surface area (Å²) in [5.74, 6) is 0. The molecule has 0 amide bonds. The SMILES string of the molecule is [O]C(OCC(F)(F)Cl)C(F)(Cl)Cl. The Bertz CT molecular complexity index is 143. The summed E-state index contributed by atoms with van der Waals surface area (Å²) in [6, 6.07) is 0. The van der Waals surface area contributed by atoms with Crippen LogP contribution in [-0.4, -0.2) is 22.9 Å². The first-order chi connectivity index (χ1) is 5.13. The van der Waals surface area contributed by atoms with Crippen LogP contribution in [0.1, 0.15) is 0 Å². The van der Waals surface area contributed by atoms with Gasteiger partial charge in [0.05, 0.1) is 0 Å². The number of ether oxygens (including phenoxy) is 1. The zero-order valence-electron chi connectivity index (χ0n) is 5.37. The summed E-state index contributed by atoms with van der Waals surface area (Å²) in [5, 5.41) is 6.61. The topological polar surface area (TPSA) is 29.1 Å². The summed E-state index contributed by atoms with van der Waals surface area (Å²) in [6.07, 6.45) is -2.62. The molecular weight excluding hydrogens is 243 g/mol. The molecule has 1 radical (unpaired) electrons. The van der Waals surface area contributed by atoms with Gasteiger partial charge >= 0.3 is 9.97 Å². The van der Waals surface area contributed by atoms with Gasteiger partial charge in [-0.1, -0.05) is 23.2 Å². The maximum Gasteiger partial charge on any atom is 0.344 e. The Morgan fingerprint density at radius 1 is 1.25 bits per heavy atom. The summed E-state index contributed by atoms with van der Waals surface area (Å²) in [4.78, 5) is 0. The minimum atomic E-state index is -3.73. The van der Waals surface area contributed by atoms with E-state index < -0.39 is 22.9 Å². The van der Waals surface area contributed by atoms with E-state index in [1.54, 1.807) is 0 Å². The van der Waals surface area contributed by atoms with Crippen LogP contribution in [0.2, 0.25) is 0 Å². The highest BCUT2D eigenvalue weighted by Crippen LogP contribution is 2.29. The van der Waals surface area contributed by atoms with E-state index in [-0.39, 0.29) is 0 Å². The van der Waals surface area contributed by atoms with Gasteiger partial charge in [0.2, 0.25) is 0 Å². The van der Waals surface area contributed by atoms with Gasteiger partial charge < -0.3 is 4.74 Å². The number of hydrogen-bond acceptors (Lipinski definition) is 1. The molecule has 0 aliphatic rings. The summed E-state index contributed by atoms with van der Waals surface area (Å²) in [6.45, 7) is -1.45. The molecule has 0 N–H and O–H groups in total. The van der Waals surface area contributed by atoms with E-state index in [1.165, 1.54) is 0 Å². The lowest BCUT2D eigenvalue weighted by Crippen LogP contribution is -2.31. The average Bonchev–Trinajstić information content (AvgIpc) is 1.78. The standard InChI is InChI=1S/C4H3Cl3F3O2/c5-3(8,9)1-12-2(11)4(6,7)10/h2H,1H2. The van der Waals surface area contributed by atoms with E-state index in [0.29, 0.717) is 0 Å². The van der Waals surface area contributed by atoms with Crippen LogP contribution in [0.25, 0.3) is 0 Å². The maximum atomic E-state index is 12.2. The van der Waals surface area contributed by atoms with Crippen molar-refractivity contribution in [3.05, 3.63) is 0 Å². The third-order valence-electron chi connectivity index (χ3n) is 0.666. The van der Waals surface area contributed by atoms with Crippen molar-refractivity contribution in [3.8, 4) is 0 Å². The molecule has 0 aliphatic carbocycles. The molecule has 0 rings (SSSR count). The second kappa shape index (κ2) is 4.19. The normalized spacial score (nSPS) is 16.2. The molecule has 0 aromatic carbocycles. The first-order valence-corrected chi connectivity index (χ1v) is 3.67. The molecule has 1 unspecified atom stereocenters. The Morgan fingerprint density at radius 2 is 1.67 bits per heavy atom. The van der Waals surface area contributed by atoms with Crippen LogP contribution in [-0.2, 0) is 9.84 Å². The average molecular weight is 246 g/mol. The van der Waals surface area contributed by atoms with Gasteiger partial charge in [-0.15, -0.1) is 0 Å². The van der Waals surface area contributed by atoms with Crippen molar-refractivity contribution in [3.63, 3.8) is 0 Å². The van der Waals surface area contributed by atoms with Gasteiger partial charge in [-0.05, 0) is 11.6 Å². The lowest BCUT2D eigenvalue weighted by molar-refractivity contribution is -0.192. The largest absolute Gasteiger partial charge is 0.344 e. The van der Waals surface area contributed by atoms with E-state index in [1.807, 2.05) is 0 Å². The molecule has 2 nitrogen and oxygen atoms in total. The molecule has 0 fully saturated rings. The zero-order chi connectivity index (χ0) is 9.99. The van der Waals surface area contributed by atoms with Crippen LogP contribution in [0.5, 0.6) is 0 Å². The summed E-state index contributed by atoms with van der Waals surface area (Å²) >= 11 is 13.5. The van der Waals surface area contributed by atoms with Gasteiger partial charge in [-0.3, -0.25) is 0 Å². The van der Waals surface area contributed by atoms with Crippen molar-refractivity contribution in [2.75, 3.05) is 6.61 Å². The van der Waals surface area contributed by atoms with E-state index in [0.717, 1.165) is 0 Å². The molecule has 0 aliphatic heterocycles. The van der Waals surface area contributed by atoms with Crippen molar-refractivity contribution in [1.29, 1.82) is 0 Å². The van der Waals surface area contributed by atoms with Crippen molar-refractivity contribution < 1.29 is 23.0 Å². The maximum absolute atomic E-state index is 12.2. The Labute approximate surface area is 81.1 Å².